The summed E-state index contributed by atoms with van der Waals surface area (Å²) >= 11 is 1.07. The molecule has 5 heterocycles. The van der Waals surface area contributed by atoms with E-state index >= 15 is 0 Å². The topological polar surface area (TPSA) is 95.2 Å². The normalized spacial score (nSPS) is 11.2. The first-order chi connectivity index (χ1) is 18.5. The van der Waals surface area contributed by atoms with Crippen molar-refractivity contribution in [3.8, 4) is 22.8 Å². The summed E-state index contributed by atoms with van der Waals surface area (Å²) in [5.74, 6) is 0.568. The van der Waals surface area contributed by atoms with E-state index in [4.69, 9.17) is 9.97 Å². The molecule has 5 aromatic heterocycles. The van der Waals surface area contributed by atoms with Crippen LogP contribution >= 0.6 is 11.3 Å². The molecule has 0 saturated carbocycles. The summed E-state index contributed by atoms with van der Waals surface area (Å²) in [5, 5.41) is 10.5. The summed E-state index contributed by atoms with van der Waals surface area (Å²) in [6.07, 6.45) is 7.86. The molecule has 5 aromatic rings. The Balaban J connectivity index is 0.00000164. The molecule has 7 nitrogen and oxygen atoms in total. The number of imidazole rings is 1. The van der Waals surface area contributed by atoms with E-state index in [1.54, 1.807) is 24.5 Å². The van der Waals surface area contributed by atoms with Gasteiger partial charge in [-0.2, -0.15) is 9.49 Å². The van der Waals surface area contributed by atoms with Crippen LogP contribution in [0.1, 0.15) is 43.5 Å². The standard InChI is InChI=1S/C27H24FN7S.C2H6/c1-5-7-19(22-10-11-23(28)36-22)24-16(4)31-27(33-24)26-25-21(34-35-26)9-8-20(32-25)17-12-18(14-29-13-17)30-15(3)6-2;1-2/h5,7-14,30H,1,3,6H2,2,4H3,(H,31,33)(H,34,35);1-2H3/b19-7-;. The molecule has 0 aromatic carbocycles. The van der Waals surface area contributed by atoms with E-state index in [-0.39, 0.29) is 5.13 Å². The molecule has 9 heteroatoms. The van der Waals surface area contributed by atoms with E-state index in [0.29, 0.717) is 22.7 Å². The summed E-state index contributed by atoms with van der Waals surface area (Å²) in [4.78, 5) is 18.2. The van der Waals surface area contributed by atoms with E-state index in [2.05, 4.69) is 38.6 Å². The number of hydrogen-bond acceptors (Lipinski definition) is 6. The highest BCUT2D eigenvalue weighted by molar-refractivity contribution is 7.11. The number of aromatic nitrogens is 6. The summed E-state index contributed by atoms with van der Waals surface area (Å²) < 4.78 is 13.7. The molecule has 0 saturated heterocycles. The van der Waals surface area contributed by atoms with Crippen molar-refractivity contribution in [3.63, 3.8) is 0 Å². The number of fused-ring (bicyclic) bond motifs is 1. The van der Waals surface area contributed by atoms with Crippen molar-refractivity contribution in [1.29, 1.82) is 0 Å². The highest BCUT2D eigenvalue weighted by atomic mass is 32.1. The number of anilines is 1. The van der Waals surface area contributed by atoms with Crippen LogP contribution in [0.15, 0.2) is 73.7 Å². The Bertz CT molecular complexity index is 1620. The molecule has 0 radical (unpaired) electrons. The van der Waals surface area contributed by atoms with Gasteiger partial charge in [0.2, 0.25) is 0 Å². The van der Waals surface area contributed by atoms with Crippen LogP contribution in [0, 0.1) is 12.1 Å². The Hall–Kier alpha value is -4.37. The van der Waals surface area contributed by atoms with Crippen LogP contribution in [0.5, 0.6) is 0 Å². The third kappa shape index (κ3) is 5.47. The van der Waals surface area contributed by atoms with Gasteiger partial charge in [-0.05, 0) is 43.7 Å². The first-order valence-electron chi connectivity index (χ1n) is 12.4. The van der Waals surface area contributed by atoms with Crippen molar-refractivity contribution in [1.82, 2.24) is 30.1 Å². The molecule has 0 aliphatic rings. The molecule has 0 bridgehead atoms. The smallest absolute Gasteiger partial charge is 0.176 e. The first kappa shape index (κ1) is 26.7. The SMILES string of the molecule is C=C/C=C(/c1ccc(F)s1)c1nc(-c2n[nH]c3ccc(-c4cncc(NC(=C)CC)c4)nc23)[nH]c1C.CC. The minimum Gasteiger partial charge on any atom is -0.358 e. The molecule has 0 fully saturated rings. The maximum absolute atomic E-state index is 13.7. The molecule has 194 valence electrons. The van der Waals surface area contributed by atoms with Gasteiger partial charge in [0, 0.05) is 33.6 Å². The fourth-order valence-corrected chi connectivity index (χ4v) is 4.61. The molecule has 0 spiro atoms. The Morgan fingerprint density at radius 1 is 1.16 bits per heavy atom. The molecule has 0 aliphatic carbocycles. The number of hydrogen-bond donors (Lipinski definition) is 3. The lowest BCUT2D eigenvalue weighted by Crippen LogP contribution is -1.97. The van der Waals surface area contributed by atoms with Gasteiger partial charge in [0.1, 0.15) is 5.52 Å². The Morgan fingerprint density at radius 2 is 1.97 bits per heavy atom. The number of H-pyrrole nitrogens is 2. The highest BCUT2D eigenvalue weighted by Crippen LogP contribution is 2.33. The number of pyridine rings is 2. The highest BCUT2D eigenvalue weighted by Gasteiger charge is 2.19. The molecular weight excluding hydrogens is 497 g/mol. The maximum atomic E-state index is 13.7. The molecule has 0 amide bonds. The monoisotopic (exact) mass is 527 g/mol. The zero-order chi connectivity index (χ0) is 27.2. The second-order valence-electron chi connectivity index (χ2n) is 8.19. The first-order valence-corrected chi connectivity index (χ1v) is 13.2. The van der Waals surface area contributed by atoms with Crippen molar-refractivity contribution in [2.75, 3.05) is 5.32 Å². The summed E-state index contributed by atoms with van der Waals surface area (Å²) in [6, 6.07) is 9.05. The van der Waals surface area contributed by atoms with E-state index in [1.165, 1.54) is 6.07 Å². The second kappa shape index (κ2) is 11.8. The van der Waals surface area contributed by atoms with Gasteiger partial charge in [-0.3, -0.25) is 10.1 Å². The molecule has 0 atom stereocenters. The van der Waals surface area contributed by atoms with Gasteiger partial charge in [-0.15, -0.1) is 11.3 Å². The number of nitrogens with one attached hydrogen (secondary N) is 3. The summed E-state index contributed by atoms with van der Waals surface area (Å²) in [6.45, 7) is 15.8. The number of nitrogens with zero attached hydrogens (tertiary/aromatic N) is 4. The Morgan fingerprint density at radius 3 is 2.68 bits per heavy atom. The van der Waals surface area contributed by atoms with Crippen molar-refractivity contribution in [3.05, 3.63) is 95.1 Å². The lowest BCUT2D eigenvalue weighted by atomic mass is 10.1. The van der Waals surface area contributed by atoms with Crippen LogP contribution < -0.4 is 5.32 Å². The number of aromatic amines is 2. The maximum Gasteiger partial charge on any atom is 0.176 e. The van der Waals surface area contributed by atoms with E-state index in [1.807, 2.05) is 52.0 Å². The van der Waals surface area contributed by atoms with Crippen molar-refractivity contribution in [2.24, 2.45) is 0 Å². The van der Waals surface area contributed by atoms with Crippen LogP contribution in [0.4, 0.5) is 10.1 Å². The van der Waals surface area contributed by atoms with Gasteiger partial charge < -0.3 is 10.3 Å². The van der Waals surface area contributed by atoms with Crippen molar-refractivity contribution in [2.45, 2.75) is 34.1 Å². The minimum absolute atomic E-state index is 0.254. The molecule has 5 rings (SSSR count). The van der Waals surface area contributed by atoms with Gasteiger partial charge in [-0.25, -0.2) is 9.97 Å². The van der Waals surface area contributed by atoms with Crippen LogP contribution in [0.3, 0.4) is 0 Å². The van der Waals surface area contributed by atoms with E-state index in [9.17, 15) is 4.39 Å². The zero-order valence-corrected chi connectivity index (χ0v) is 22.7. The predicted octanol–water partition coefficient (Wildman–Crippen LogP) is 7.90. The van der Waals surface area contributed by atoms with E-state index in [0.717, 1.165) is 62.1 Å². The van der Waals surface area contributed by atoms with Crippen molar-refractivity contribution >= 4 is 33.6 Å². The Kier molecular flexibility index (Phi) is 8.28. The number of allylic oxidation sites excluding steroid dienone is 3. The predicted molar refractivity (Wildman–Crippen MR) is 155 cm³/mol. The fourth-order valence-electron chi connectivity index (χ4n) is 3.86. The van der Waals surface area contributed by atoms with Gasteiger partial charge in [-0.1, -0.05) is 46.1 Å². The third-order valence-electron chi connectivity index (χ3n) is 5.68. The fraction of sp³-hybridized carbons (Fsp3) is 0.172. The van der Waals surface area contributed by atoms with Gasteiger partial charge in [0.15, 0.2) is 16.6 Å². The van der Waals surface area contributed by atoms with Gasteiger partial charge in [0.25, 0.3) is 0 Å². The molecule has 3 N–H and O–H groups in total. The minimum atomic E-state index is -0.254. The average molecular weight is 528 g/mol. The number of thiophene rings is 1. The van der Waals surface area contributed by atoms with Crippen LogP contribution in [-0.2, 0) is 0 Å². The zero-order valence-electron chi connectivity index (χ0n) is 21.9. The van der Waals surface area contributed by atoms with Crippen LogP contribution in [-0.4, -0.2) is 30.1 Å². The summed E-state index contributed by atoms with van der Waals surface area (Å²) in [7, 11) is 0. The second-order valence-corrected chi connectivity index (χ2v) is 9.22. The molecule has 0 aliphatic heterocycles. The third-order valence-corrected chi connectivity index (χ3v) is 6.58. The number of rotatable bonds is 8. The van der Waals surface area contributed by atoms with Crippen molar-refractivity contribution < 1.29 is 4.39 Å². The number of halogens is 1. The Labute approximate surface area is 225 Å². The molecular formula is C29H30FN7S. The van der Waals surface area contributed by atoms with Crippen LogP contribution in [0.25, 0.3) is 39.4 Å². The average Bonchev–Trinajstić information content (AvgIpc) is 3.66. The molecule has 38 heavy (non-hydrogen) atoms. The number of aryl methyl sites for hydroxylation is 1. The van der Waals surface area contributed by atoms with Crippen LogP contribution in [0.2, 0.25) is 0 Å². The van der Waals surface area contributed by atoms with E-state index < -0.39 is 0 Å². The van der Waals surface area contributed by atoms with Gasteiger partial charge in [0.05, 0.1) is 28.8 Å². The molecule has 0 unspecified atom stereocenters. The quantitative estimate of drug-likeness (QED) is 0.178. The lowest BCUT2D eigenvalue weighted by Gasteiger charge is -2.08. The largest absolute Gasteiger partial charge is 0.358 e. The lowest BCUT2D eigenvalue weighted by molar-refractivity contribution is 0.657. The van der Waals surface area contributed by atoms with Gasteiger partial charge >= 0.3 is 0 Å². The summed E-state index contributed by atoms with van der Waals surface area (Å²) in [5.41, 5.74) is 7.78.